The van der Waals surface area contributed by atoms with Gasteiger partial charge in [0.1, 0.15) is 0 Å². The van der Waals surface area contributed by atoms with Crippen LogP contribution in [0.15, 0.2) is 60.7 Å². The molecule has 0 bridgehead atoms. The number of carbonyl (C=O) groups is 2. The van der Waals surface area contributed by atoms with Crippen molar-refractivity contribution in [3.05, 3.63) is 71.8 Å². The van der Waals surface area contributed by atoms with Gasteiger partial charge in [0.05, 0.1) is 0 Å². The summed E-state index contributed by atoms with van der Waals surface area (Å²) in [6.07, 6.45) is 3.68. The summed E-state index contributed by atoms with van der Waals surface area (Å²) in [5, 5.41) is 0. The molecule has 2 aromatic rings. The van der Waals surface area contributed by atoms with E-state index in [9.17, 15) is 9.59 Å². The van der Waals surface area contributed by atoms with Crippen molar-refractivity contribution in [2.24, 2.45) is 0 Å². The Morgan fingerprint density at radius 1 is 0.812 bits per heavy atom. The Balaban J connectivity index is 1.42. The maximum absolute atomic E-state index is 12.8. The largest absolute Gasteiger partial charge is 0.342 e. The second-order valence-electron chi connectivity index (χ2n) is 8.61. The van der Waals surface area contributed by atoms with E-state index in [0.717, 1.165) is 58.5 Å². The van der Waals surface area contributed by atoms with E-state index >= 15 is 0 Å². The van der Waals surface area contributed by atoms with E-state index in [1.165, 1.54) is 11.1 Å². The summed E-state index contributed by atoms with van der Waals surface area (Å²) < 4.78 is 0. The zero-order valence-electron chi connectivity index (χ0n) is 19.4. The van der Waals surface area contributed by atoms with Gasteiger partial charge in [-0.1, -0.05) is 74.0 Å². The summed E-state index contributed by atoms with van der Waals surface area (Å²) in [7, 11) is 0. The van der Waals surface area contributed by atoms with E-state index < -0.39 is 0 Å². The first kappa shape index (κ1) is 24.0. The summed E-state index contributed by atoms with van der Waals surface area (Å²) in [5.74, 6) is 0.324. The Labute approximate surface area is 193 Å². The number of hydrogen-bond donors (Lipinski definition) is 0. The molecule has 172 valence electrons. The van der Waals surface area contributed by atoms with E-state index in [2.05, 4.69) is 48.2 Å². The number of carbonyl (C=O) groups excluding carboxylic acids is 2. The standard InChI is InChI=1S/C27H37N3O2/c1-2-3-17-29(26(31)15-14-24-10-6-4-7-11-24)18-16-27(32)30-21-19-28(20-22-30)23-25-12-8-5-9-13-25/h4-13H,2-3,14-23H2,1H3. The van der Waals surface area contributed by atoms with Gasteiger partial charge in [0.2, 0.25) is 11.8 Å². The highest BCUT2D eigenvalue weighted by atomic mass is 16.2. The molecule has 0 saturated carbocycles. The Morgan fingerprint density at radius 3 is 2.06 bits per heavy atom. The van der Waals surface area contributed by atoms with Gasteiger partial charge in [0.25, 0.3) is 0 Å². The molecule has 0 N–H and O–H groups in total. The van der Waals surface area contributed by atoms with Crippen LogP contribution in [-0.2, 0) is 22.6 Å². The van der Waals surface area contributed by atoms with Crippen molar-refractivity contribution in [3.63, 3.8) is 0 Å². The maximum Gasteiger partial charge on any atom is 0.224 e. The van der Waals surface area contributed by atoms with Crippen LogP contribution in [0.3, 0.4) is 0 Å². The average Bonchev–Trinajstić information content (AvgIpc) is 2.84. The van der Waals surface area contributed by atoms with Crippen LogP contribution in [0.4, 0.5) is 0 Å². The monoisotopic (exact) mass is 435 g/mol. The lowest BCUT2D eigenvalue weighted by molar-refractivity contribution is -0.135. The molecule has 1 saturated heterocycles. The molecule has 2 aromatic carbocycles. The van der Waals surface area contributed by atoms with Gasteiger partial charge >= 0.3 is 0 Å². The van der Waals surface area contributed by atoms with E-state index in [1.807, 2.05) is 34.1 Å². The van der Waals surface area contributed by atoms with Crippen LogP contribution >= 0.6 is 0 Å². The van der Waals surface area contributed by atoms with E-state index in [0.29, 0.717) is 19.4 Å². The molecule has 5 heteroatoms. The molecule has 0 unspecified atom stereocenters. The molecular formula is C27H37N3O2. The zero-order valence-corrected chi connectivity index (χ0v) is 19.4. The molecule has 3 rings (SSSR count). The lowest BCUT2D eigenvalue weighted by atomic mass is 10.1. The third kappa shape index (κ3) is 7.79. The van der Waals surface area contributed by atoms with Crippen LogP contribution in [0.5, 0.6) is 0 Å². The van der Waals surface area contributed by atoms with Crippen LogP contribution in [0.25, 0.3) is 0 Å². The van der Waals surface area contributed by atoms with Crippen LogP contribution in [0, 0.1) is 0 Å². The Kier molecular flexibility index (Phi) is 9.76. The Bertz CT molecular complexity index is 817. The smallest absolute Gasteiger partial charge is 0.224 e. The van der Waals surface area contributed by atoms with Gasteiger partial charge < -0.3 is 9.80 Å². The molecule has 1 fully saturated rings. The number of rotatable bonds is 11. The number of nitrogens with zero attached hydrogens (tertiary/aromatic N) is 3. The molecule has 2 amide bonds. The van der Waals surface area contributed by atoms with Gasteiger partial charge in [0.15, 0.2) is 0 Å². The van der Waals surface area contributed by atoms with E-state index in [1.54, 1.807) is 0 Å². The molecule has 0 aliphatic carbocycles. The molecule has 1 aliphatic rings. The van der Waals surface area contributed by atoms with Crippen LogP contribution in [-0.4, -0.2) is 65.8 Å². The molecular weight excluding hydrogens is 398 g/mol. The number of unbranched alkanes of at least 4 members (excludes halogenated alkanes) is 1. The van der Waals surface area contributed by atoms with Crippen molar-refractivity contribution in [1.82, 2.24) is 14.7 Å². The number of hydrogen-bond acceptors (Lipinski definition) is 3. The molecule has 0 aromatic heterocycles. The van der Waals surface area contributed by atoms with Gasteiger partial charge in [0, 0.05) is 58.7 Å². The highest BCUT2D eigenvalue weighted by Crippen LogP contribution is 2.11. The van der Waals surface area contributed by atoms with Crippen molar-refractivity contribution in [3.8, 4) is 0 Å². The van der Waals surface area contributed by atoms with Crippen molar-refractivity contribution in [2.45, 2.75) is 45.6 Å². The normalized spacial score (nSPS) is 14.3. The molecule has 0 atom stereocenters. The first-order valence-electron chi connectivity index (χ1n) is 12.0. The van der Waals surface area contributed by atoms with Crippen molar-refractivity contribution >= 4 is 11.8 Å². The highest BCUT2D eigenvalue weighted by molar-refractivity contribution is 5.79. The first-order valence-corrected chi connectivity index (χ1v) is 12.0. The third-order valence-electron chi connectivity index (χ3n) is 6.17. The second-order valence-corrected chi connectivity index (χ2v) is 8.61. The van der Waals surface area contributed by atoms with Crippen molar-refractivity contribution < 1.29 is 9.59 Å². The predicted octanol–water partition coefficient (Wildman–Crippen LogP) is 3.98. The number of piperazine rings is 1. The Hall–Kier alpha value is -2.66. The first-order chi connectivity index (χ1) is 15.7. The van der Waals surface area contributed by atoms with Crippen LogP contribution in [0.1, 0.15) is 43.7 Å². The average molecular weight is 436 g/mol. The number of aryl methyl sites for hydroxylation is 1. The minimum atomic E-state index is 0.155. The topological polar surface area (TPSA) is 43.9 Å². The predicted molar refractivity (Wildman–Crippen MR) is 129 cm³/mol. The zero-order chi connectivity index (χ0) is 22.6. The number of benzene rings is 2. The van der Waals surface area contributed by atoms with Gasteiger partial charge in [-0.15, -0.1) is 0 Å². The van der Waals surface area contributed by atoms with E-state index in [4.69, 9.17) is 0 Å². The fourth-order valence-electron chi connectivity index (χ4n) is 4.15. The van der Waals surface area contributed by atoms with Gasteiger partial charge in [-0.2, -0.15) is 0 Å². The summed E-state index contributed by atoms with van der Waals surface area (Å²) >= 11 is 0. The number of amides is 2. The van der Waals surface area contributed by atoms with E-state index in [-0.39, 0.29) is 11.8 Å². The SMILES string of the molecule is CCCCN(CCC(=O)N1CCN(Cc2ccccc2)CC1)C(=O)CCc1ccccc1. The Morgan fingerprint density at radius 2 is 1.44 bits per heavy atom. The van der Waals surface area contributed by atoms with Crippen LogP contribution in [0.2, 0.25) is 0 Å². The molecule has 1 heterocycles. The van der Waals surface area contributed by atoms with Crippen LogP contribution < -0.4 is 0 Å². The second kappa shape index (κ2) is 13.0. The van der Waals surface area contributed by atoms with Crippen molar-refractivity contribution in [2.75, 3.05) is 39.3 Å². The highest BCUT2D eigenvalue weighted by Gasteiger charge is 2.22. The molecule has 5 nitrogen and oxygen atoms in total. The fraction of sp³-hybridized carbons (Fsp3) is 0.481. The maximum atomic E-state index is 12.8. The molecule has 0 radical (unpaired) electrons. The summed E-state index contributed by atoms with van der Waals surface area (Å²) in [5.41, 5.74) is 2.49. The summed E-state index contributed by atoms with van der Waals surface area (Å²) in [6.45, 7) is 7.66. The van der Waals surface area contributed by atoms with Crippen molar-refractivity contribution in [1.29, 1.82) is 0 Å². The quantitative estimate of drug-likeness (QED) is 0.536. The van der Waals surface area contributed by atoms with Gasteiger partial charge in [-0.25, -0.2) is 0 Å². The minimum absolute atomic E-state index is 0.155. The summed E-state index contributed by atoms with van der Waals surface area (Å²) in [6, 6.07) is 20.6. The minimum Gasteiger partial charge on any atom is -0.342 e. The van der Waals surface area contributed by atoms with Gasteiger partial charge in [-0.3, -0.25) is 14.5 Å². The summed E-state index contributed by atoms with van der Waals surface area (Å²) in [4.78, 5) is 31.9. The van der Waals surface area contributed by atoms with Gasteiger partial charge in [-0.05, 0) is 24.0 Å². The third-order valence-corrected chi connectivity index (χ3v) is 6.17. The molecule has 1 aliphatic heterocycles. The lowest BCUT2D eigenvalue weighted by Gasteiger charge is -2.35. The molecule has 32 heavy (non-hydrogen) atoms. The fourth-order valence-corrected chi connectivity index (χ4v) is 4.15. The molecule has 0 spiro atoms. The lowest BCUT2D eigenvalue weighted by Crippen LogP contribution is -2.49.